The van der Waals surface area contributed by atoms with Gasteiger partial charge in [-0.1, -0.05) is 12.1 Å². The van der Waals surface area contributed by atoms with Gasteiger partial charge < -0.3 is 10.2 Å². The van der Waals surface area contributed by atoms with E-state index in [1.165, 1.54) is 17.7 Å². The lowest BCUT2D eigenvalue weighted by Crippen LogP contribution is -2.43. The second-order valence-corrected chi connectivity index (χ2v) is 7.63. The molecule has 1 aromatic heterocycles. The minimum Gasteiger partial charge on any atom is -0.324 e. The van der Waals surface area contributed by atoms with Gasteiger partial charge in [0.2, 0.25) is 5.95 Å². The molecule has 2 heterocycles. The van der Waals surface area contributed by atoms with Gasteiger partial charge in [0.05, 0.1) is 5.69 Å². The van der Waals surface area contributed by atoms with Crippen LogP contribution >= 0.6 is 0 Å². The highest BCUT2D eigenvalue weighted by Gasteiger charge is 2.14. The molecule has 6 heteroatoms. The number of hydrogen-bond donors (Lipinski definition) is 1. The topological polar surface area (TPSA) is 44.3 Å². The van der Waals surface area contributed by atoms with Crippen LogP contribution in [0.2, 0.25) is 0 Å². The molecule has 2 aromatic carbocycles. The number of halogens is 1. The van der Waals surface area contributed by atoms with Gasteiger partial charge in [0.1, 0.15) is 5.82 Å². The monoisotopic (exact) mass is 391 g/mol. The molecule has 1 aliphatic heterocycles. The number of nitrogens with zero attached hydrogens (tertiary/aromatic N) is 4. The summed E-state index contributed by atoms with van der Waals surface area (Å²) >= 11 is 0. The lowest BCUT2D eigenvalue weighted by molar-refractivity contribution is 0.148. The van der Waals surface area contributed by atoms with E-state index in [0.717, 1.165) is 55.2 Å². The van der Waals surface area contributed by atoms with Gasteiger partial charge in [0.15, 0.2) is 0 Å². The number of likely N-dealkylation sites (N-methyl/N-ethyl adjacent to an activating group) is 1. The SMILES string of the molecule is Cc1cnc(Nc2ccc(CN3CCN(C)CC3)cc2)nc1-c1ccc(F)cc1. The molecule has 29 heavy (non-hydrogen) atoms. The molecule has 1 N–H and O–H groups in total. The molecule has 0 atom stereocenters. The largest absolute Gasteiger partial charge is 0.324 e. The van der Waals surface area contributed by atoms with Crippen LogP contribution in [0.4, 0.5) is 16.0 Å². The van der Waals surface area contributed by atoms with Gasteiger partial charge in [-0.25, -0.2) is 14.4 Å². The molecule has 1 aliphatic rings. The molecule has 0 saturated carbocycles. The number of benzene rings is 2. The van der Waals surface area contributed by atoms with Crippen molar-refractivity contribution in [3.05, 3.63) is 71.7 Å². The number of hydrogen-bond acceptors (Lipinski definition) is 5. The third-order valence-corrected chi connectivity index (χ3v) is 5.30. The van der Waals surface area contributed by atoms with Gasteiger partial charge in [-0.05, 0) is 61.5 Å². The van der Waals surface area contributed by atoms with Crippen LogP contribution in [-0.2, 0) is 6.54 Å². The molecule has 0 bridgehead atoms. The second-order valence-electron chi connectivity index (χ2n) is 7.63. The normalized spacial score (nSPS) is 15.4. The third kappa shape index (κ3) is 4.96. The highest BCUT2D eigenvalue weighted by molar-refractivity contribution is 5.65. The lowest BCUT2D eigenvalue weighted by atomic mass is 10.1. The van der Waals surface area contributed by atoms with Crippen LogP contribution in [0.5, 0.6) is 0 Å². The van der Waals surface area contributed by atoms with Gasteiger partial charge in [0.25, 0.3) is 0 Å². The summed E-state index contributed by atoms with van der Waals surface area (Å²) in [5.41, 5.74) is 4.87. The quantitative estimate of drug-likeness (QED) is 0.710. The first-order valence-electron chi connectivity index (χ1n) is 9.93. The Morgan fingerprint density at radius 2 is 1.66 bits per heavy atom. The summed E-state index contributed by atoms with van der Waals surface area (Å²) in [6.45, 7) is 7.40. The van der Waals surface area contributed by atoms with Crippen molar-refractivity contribution in [2.75, 3.05) is 38.5 Å². The highest BCUT2D eigenvalue weighted by Crippen LogP contribution is 2.23. The molecule has 0 spiro atoms. The fourth-order valence-electron chi connectivity index (χ4n) is 3.49. The summed E-state index contributed by atoms with van der Waals surface area (Å²) in [4.78, 5) is 13.9. The first kappa shape index (κ1) is 19.5. The average molecular weight is 391 g/mol. The maximum absolute atomic E-state index is 13.2. The van der Waals surface area contributed by atoms with E-state index >= 15 is 0 Å². The number of piperazine rings is 1. The Labute approximate surface area is 171 Å². The van der Waals surface area contributed by atoms with Gasteiger partial charge in [0, 0.05) is 50.2 Å². The Hall–Kier alpha value is -2.83. The molecule has 1 saturated heterocycles. The molecule has 4 rings (SSSR count). The van der Waals surface area contributed by atoms with Crippen LogP contribution in [0, 0.1) is 12.7 Å². The minimum absolute atomic E-state index is 0.254. The summed E-state index contributed by atoms with van der Waals surface area (Å²) in [7, 11) is 2.17. The lowest BCUT2D eigenvalue weighted by Gasteiger charge is -2.32. The Balaban J connectivity index is 1.44. The summed E-state index contributed by atoms with van der Waals surface area (Å²) in [5.74, 6) is 0.275. The van der Waals surface area contributed by atoms with E-state index in [2.05, 4.69) is 56.4 Å². The van der Waals surface area contributed by atoms with Gasteiger partial charge >= 0.3 is 0 Å². The average Bonchev–Trinajstić information content (AvgIpc) is 2.73. The van der Waals surface area contributed by atoms with Crippen molar-refractivity contribution in [3.8, 4) is 11.3 Å². The van der Waals surface area contributed by atoms with Crippen LogP contribution in [0.1, 0.15) is 11.1 Å². The summed E-state index contributed by atoms with van der Waals surface area (Å²) < 4.78 is 13.2. The number of aromatic nitrogens is 2. The van der Waals surface area contributed by atoms with Crippen molar-refractivity contribution in [3.63, 3.8) is 0 Å². The van der Waals surface area contributed by atoms with Crippen molar-refractivity contribution in [2.24, 2.45) is 0 Å². The summed E-state index contributed by atoms with van der Waals surface area (Å²) in [6, 6.07) is 14.8. The molecular formula is C23H26FN5. The minimum atomic E-state index is -0.254. The zero-order chi connectivity index (χ0) is 20.2. The Bertz CT molecular complexity index is 948. The van der Waals surface area contributed by atoms with E-state index < -0.39 is 0 Å². The fourth-order valence-corrected chi connectivity index (χ4v) is 3.49. The smallest absolute Gasteiger partial charge is 0.227 e. The first-order chi connectivity index (χ1) is 14.1. The number of rotatable bonds is 5. The van der Waals surface area contributed by atoms with Crippen LogP contribution in [0.15, 0.2) is 54.7 Å². The van der Waals surface area contributed by atoms with E-state index in [9.17, 15) is 4.39 Å². The van der Waals surface area contributed by atoms with Crippen LogP contribution in [-0.4, -0.2) is 53.0 Å². The van der Waals surface area contributed by atoms with Crippen molar-refractivity contribution in [2.45, 2.75) is 13.5 Å². The van der Waals surface area contributed by atoms with Crippen LogP contribution < -0.4 is 5.32 Å². The molecule has 150 valence electrons. The maximum Gasteiger partial charge on any atom is 0.227 e. The molecule has 0 radical (unpaired) electrons. The van der Waals surface area contributed by atoms with Gasteiger partial charge in [-0.3, -0.25) is 4.90 Å². The Morgan fingerprint density at radius 3 is 2.34 bits per heavy atom. The zero-order valence-corrected chi connectivity index (χ0v) is 16.9. The third-order valence-electron chi connectivity index (χ3n) is 5.30. The summed E-state index contributed by atoms with van der Waals surface area (Å²) in [5, 5.41) is 3.27. The van der Waals surface area contributed by atoms with Gasteiger partial charge in [-0.2, -0.15) is 0 Å². The maximum atomic E-state index is 13.2. The van der Waals surface area contributed by atoms with Crippen molar-refractivity contribution < 1.29 is 4.39 Å². The first-order valence-corrected chi connectivity index (χ1v) is 9.93. The predicted molar refractivity (Wildman–Crippen MR) is 115 cm³/mol. The molecule has 0 amide bonds. The zero-order valence-electron chi connectivity index (χ0n) is 16.9. The molecule has 1 fully saturated rings. The molecular weight excluding hydrogens is 365 g/mol. The van der Waals surface area contributed by atoms with E-state index in [1.54, 1.807) is 18.3 Å². The molecule has 5 nitrogen and oxygen atoms in total. The van der Waals surface area contributed by atoms with Gasteiger partial charge in [-0.15, -0.1) is 0 Å². The second kappa shape index (κ2) is 8.68. The number of anilines is 2. The number of aryl methyl sites for hydroxylation is 1. The van der Waals surface area contributed by atoms with Crippen LogP contribution in [0.3, 0.4) is 0 Å². The summed E-state index contributed by atoms with van der Waals surface area (Å²) in [6.07, 6.45) is 1.79. The van der Waals surface area contributed by atoms with Crippen LogP contribution in [0.25, 0.3) is 11.3 Å². The van der Waals surface area contributed by atoms with Crippen molar-refractivity contribution >= 4 is 11.6 Å². The van der Waals surface area contributed by atoms with Crippen molar-refractivity contribution in [1.82, 2.24) is 19.8 Å². The van der Waals surface area contributed by atoms with Crippen molar-refractivity contribution in [1.29, 1.82) is 0 Å². The predicted octanol–water partition coefficient (Wildman–Crippen LogP) is 4.08. The van der Waals surface area contributed by atoms with E-state index in [0.29, 0.717) is 5.95 Å². The molecule has 0 aliphatic carbocycles. The number of nitrogens with one attached hydrogen (secondary N) is 1. The Morgan fingerprint density at radius 1 is 0.966 bits per heavy atom. The fraction of sp³-hybridized carbons (Fsp3) is 0.304. The standard InChI is InChI=1S/C23H26FN5/c1-17-15-25-23(27-22(17)19-5-7-20(24)8-6-19)26-21-9-3-18(4-10-21)16-29-13-11-28(2)12-14-29/h3-10,15H,11-14,16H2,1-2H3,(H,25,26,27). The van der Waals surface area contributed by atoms with E-state index in [1.807, 2.05) is 6.92 Å². The highest BCUT2D eigenvalue weighted by atomic mass is 19.1. The Kier molecular flexibility index (Phi) is 5.83. The van der Waals surface area contributed by atoms with E-state index in [4.69, 9.17) is 0 Å². The van der Waals surface area contributed by atoms with E-state index in [-0.39, 0.29) is 5.82 Å². The molecule has 0 unspecified atom stereocenters. The molecule has 3 aromatic rings.